The smallest absolute Gasteiger partial charge is 0.323 e. The lowest BCUT2D eigenvalue weighted by Crippen LogP contribution is -2.25. The van der Waals surface area contributed by atoms with Crippen LogP contribution in [0, 0.1) is 11.6 Å². The molecule has 0 fully saturated rings. The fourth-order valence-electron chi connectivity index (χ4n) is 2.30. The highest BCUT2D eigenvalue weighted by Gasteiger charge is 2.09. The van der Waals surface area contributed by atoms with Crippen molar-refractivity contribution in [1.29, 1.82) is 0 Å². The van der Waals surface area contributed by atoms with Gasteiger partial charge in [0.25, 0.3) is 0 Å². The van der Waals surface area contributed by atoms with Crippen molar-refractivity contribution in [3.05, 3.63) is 69.6 Å². The van der Waals surface area contributed by atoms with Gasteiger partial charge in [-0.25, -0.2) is 13.6 Å². The molecule has 1 aromatic heterocycles. The van der Waals surface area contributed by atoms with Crippen LogP contribution < -0.4 is 11.0 Å². The van der Waals surface area contributed by atoms with E-state index in [4.69, 9.17) is 0 Å². The van der Waals surface area contributed by atoms with Gasteiger partial charge in [-0.2, -0.15) is 0 Å². The Hall–Kier alpha value is -2.96. The molecular formula is C16H13F2N3O2. The number of aromatic amines is 2. The first kappa shape index (κ1) is 15.0. The molecule has 3 N–H and O–H groups in total. The Kier molecular flexibility index (Phi) is 3.92. The van der Waals surface area contributed by atoms with E-state index in [1.807, 2.05) is 0 Å². The van der Waals surface area contributed by atoms with Gasteiger partial charge in [0.15, 0.2) is 0 Å². The maximum Gasteiger partial charge on any atom is 0.323 e. The summed E-state index contributed by atoms with van der Waals surface area (Å²) in [6.45, 7) is 0.221. The molecule has 0 spiro atoms. The fourth-order valence-corrected chi connectivity index (χ4v) is 2.30. The Morgan fingerprint density at radius 3 is 2.65 bits per heavy atom. The van der Waals surface area contributed by atoms with Crippen molar-refractivity contribution in [1.82, 2.24) is 15.3 Å². The van der Waals surface area contributed by atoms with Crippen LogP contribution >= 0.6 is 0 Å². The number of amides is 1. The van der Waals surface area contributed by atoms with Crippen molar-refractivity contribution in [2.75, 3.05) is 0 Å². The van der Waals surface area contributed by atoms with E-state index in [9.17, 15) is 18.4 Å². The van der Waals surface area contributed by atoms with Gasteiger partial charge in [-0.3, -0.25) is 4.79 Å². The van der Waals surface area contributed by atoms with Crippen LogP contribution in [0.4, 0.5) is 8.78 Å². The third-order valence-electron chi connectivity index (χ3n) is 3.43. The number of H-pyrrole nitrogens is 2. The van der Waals surface area contributed by atoms with Crippen LogP contribution in [0.2, 0.25) is 0 Å². The fraction of sp³-hybridized carbons (Fsp3) is 0.125. The molecule has 1 amide bonds. The largest absolute Gasteiger partial charge is 0.352 e. The summed E-state index contributed by atoms with van der Waals surface area (Å²) in [5.41, 5.74) is 1.79. The summed E-state index contributed by atoms with van der Waals surface area (Å²) in [7, 11) is 0. The third-order valence-corrected chi connectivity index (χ3v) is 3.43. The van der Waals surface area contributed by atoms with E-state index in [1.54, 1.807) is 18.2 Å². The molecule has 0 atom stereocenters. The van der Waals surface area contributed by atoms with Crippen molar-refractivity contribution in [3.8, 4) is 0 Å². The quantitative estimate of drug-likeness (QED) is 0.688. The molecule has 0 saturated heterocycles. The molecule has 0 bridgehead atoms. The number of nitrogens with one attached hydrogen (secondary N) is 3. The van der Waals surface area contributed by atoms with Crippen molar-refractivity contribution >= 4 is 16.9 Å². The second-order valence-electron chi connectivity index (χ2n) is 5.15. The Labute approximate surface area is 129 Å². The highest BCUT2D eigenvalue weighted by Crippen LogP contribution is 2.12. The monoisotopic (exact) mass is 317 g/mol. The second-order valence-corrected chi connectivity index (χ2v) is 5.15. The summed E-state index contributed by atoms with van der Waals surface area (Å²) in [5.74, 6) is -1.62. The topological polar surface area (TPSA) is 77.8 Å². The molecule has 0 aliphatic heterocycles. The predicted molar refractivity (Wildman–Crippen MR) is 80.8 cm³/mol. The number of rotatable bonds is 4. The van der Waals surface area contributed by atoms with Gasteiger partial charge in [-0.05, 0) is 35.9 Å². The van der Waals surface area contributed by atoms with Crippen LogP contribution in [0.3, 0.4) is 0 Å². The van der Waals surface area contributed by atoms with E-state index >= 15 is 0 Å². The standard InChI is InChI=1S/C16H13F2N3O2/c17-11-2-3-12(18)10(6-11)7-15(22)19-8-9-1-4-13-14(5-9)21-16(23)20-13/h1-6H,7-8H2,(H,19,22)(H2,20,21,23). The van der Waals surface area contributed by atoms with Gasteiger partial charge < -0.3 is 15.3 Å². The Bertz CT molecular complexity index is 930. The highest BCUT2D eigenvalue weighted by atomic mass is 19.1. The number of benzene rings is 2. The zero-order valence-electron chi connectivity index (χ0n) is 12.0. The molecule has 0 saturated carbocycles. The van der Waals surface area contributed by atoms with E-state index < -0.39 is 17.5 Å². The molecular weight excluding hydrogens is 304 g/mol. The van der Waals surface area contributed by atoms with E-state index in [0.29, 0.717) is 11.0 Å². The lowest BCUT2D eigenvalue weighted by atomic mass is 10.1. The molecule has 23 heavy (non-hydrogen) atoms. The zero-order valence-corrected chi connectivity index (χ0v) is 12.0. The number of halogens is 2. The number of hydrogen-bond donors (Lipinski definition) is 3. The number of fused-ring (bicyclic) bond motifs is 1. The van der Waals surface area contributed by atoms with E-state index in [-0.39, 0.29) is 24.2 Å². The van der Waals surface area contributed by atoms with Crippen LogP contribution in [0.15, 0.2) is 41.2 Å². The minimum atomic E-state index is -0.618. The molecule has 0 aliphatic carbocycles. The minimum absolute atomic E-state index is 0.00733. The normalized spacial score (nSPS) is 10.9. The number of carbonyl (C=O) groups is 1. The van der Waals surface area contributed by atoms with Gasteiger partial charge in [-0.15, -0.1) is 0 Å². The first-order valence-corrected chi connectivity index (χ1v) is 6.93. The summed E-state index contributed by atoms with van der Waals surface area (Å²) >= 11 is 0. The summed E-state index contributed by atoms with van der Waals surface area (Å²) in [5, 5.41) is 2.64. The molecule has 1 heterocycles. The van der Waals surface area contributed by atoms with Crippen LogP contribution in [-0.2, 0) is 17.8 Å². The average molecular weight is 317 g/mol. The molecule has 0 radical (unpaired) electrons. The predicted octanol–water partition coefficient (Wildman–Crippen LogP) is 1.99. The van der Waals surface area contributed by atoms with Gasteiger partial charge in [0, 0.05) is 12.1 Å². The van der Waals surface area contributed by atoms with Gasteiger partial charge in [0.2, 0.25) is 5.91 Å². The highest BCUT2D eigenvalue weighted by molar-refractivity contribution is 5.79. The lowest BCUT2D eigenvalue weighted by molar-refractivity contribution is -0.120. The second kappa shape index (κ2) is 6.04. The molecule has 7 heteroatoms. The summed E-state index contributed by atoms with van der Waals surface area (Å²) in [6, 6.07) is 8.22. The minimum Gasteiger partial charge on any atom is -0.352 e. The SMILES string of the molecule is O=C(Cc1cc(F)ccc1F)NCc1ccc2[nH]c(=O)[nH]c2c1. The van der Waals surface area contributed by atoms with Crippen molar-refractivity contribution in [2.45, 2.75) is 13.0 Å². The van der Waals surface area contributed by atoms with Crippen LogP contribution in [0.25, 0.3) is 11.0 Å². The lowest BCUT2D eigenvalue weighted by Gasteiger charge is -2.06. The third kappa shape index (κ3) is 3.45. The molecule has 0 aliphatic rings. The molecule has 0 unspecified atom stereocenters. The van der Waals surface area contributed by atoms with E-state index in [2.05, 4.69) is 15.3 Å². The summed E-state index contributed by atoms with van der Waals surface area (Å²) < 4.78 is 26.6. The maximum atomic E-state index is 13.5. The summed E-state index contributed by atoms with van der Waals surface area (Å²) in [6.07, 6.45) is -0.243. The van der Waals surface area contributed by atoms with Gasteiger partial charge in [0.05, 0.1) is 17.5 Å². The Morgan fingerprint density at radius 1 is 1.04 bits per heavy atom. The molecule has 2 aromatic carbocycles. The molecule has 3 aromatic rings. The molecule has 3 rings (SSSR count). The van der Waals surface area contributed by atoms with Crippen LogP contribution in [-0.4, -0.2) is 15.9 Å². The Balaban J connectivity index is 1.65. The van der Waals surface area contributed by atoms with Gasteiger partial charge >= 0.3 is 5.69 Å². The maximum absolute atomic E-state index is 13.5. The number of hydrogen-bond acceptors (Lipinski definition) is 2. The summed E-state index contributed by atoms with van der Waals surface area (Å²) in [4.78, 5) is 28.3. The zero-order chi connectivity index (χ0) is 16.4. The number of aromatic nitrogens is 2. The number of imidazole rings is 1. The van der Waals surface area contributed by atoms with Crippen LogP contribution in [0.5, 0.6) is 0 Å². The van der Waals surface area contributed by atoms with Gasteiger partial charge in [0.1, 0.15) is 11.6 Å². The van der Waals surface area contributed by atoms with Crippen molar-refractivity contribution in [3.63, 3.8) is 0 Å². The van der Waals surface area contributed by atoms with Gasteiger partial charge in [-0.1, -0.05) is 6.07 Å². The van der Waals surface area contributed by atoms with Crippen LogP contribution in [0.1, 0.15) is 11.1 Å². The first-order chi connectivity index (χ1) is 11.0. The average Bonchev–Trinajstić information content (AvgIpc) is 2.88. The van der Waals surface area contributed by atoms with E-state index in [0.717, 1.165) is 23.8 Å². The first-order valence-electron chi connectivity index (χ1n) is 6.93. The van der Waals surface area contributed by atoms with E-state index in [1.165, 1.54) is 0 Å². The molecule has 118 valence electrons. The number of carbonyl (C=O) groups excluding carboxylic acids is 1. The Morgan fingerprint density at radius 2 is 1.83 bits per heavy atom. The molecule has 5 nitrogen and oxygen atoms in total. The van der Waals surface area contributed by atoms with Crippen molar-refractivity contribution < 1.29 is 13.6 Å². The van der Waals surface area contributed by atoms with Crippen molar-refractivity contribution in [2.24, 2.45) is 0 Å².